The molecule has 0 aliphatic heterocycles. The van der Waals surface area contributed by atoms with Gasteiger partial charge in [0.05, 0.1) is 10.0 Å². The van der Waals surface area contributed by atoms with Gasteiger partial charge in [-0.05, 0) is 25.6 Å². The van der Waals surface area contributed by atoms with E-state index in [0.29, 0.717) is 6.42 Å². The minimum atomic E-state index is -0.385. The van der Waals surface area contributed by atoms with Gasteiger partial charge in [0.2, 0.25) is 0 Å². The average molecular weight is 285 g/mol. The third-order valence-electron chi connectivity index (χ3n) is 2.75. The van der Waals surface area contributed by atoms with Crippen LogP contribution in [0.3, 0.4) is 0 Å². The molecule has 0 saturated carbocycles. The summed E-state index contributed by atoms with van der Waals surface area (Å²) in [5.41, 5.74) is 1.78. The maximum atomic E-state index is 13.4. The number of rotatable bonds is 4. The molecule has 96 valence electrons. The lowest BCUT2D eigenvalue weighted by atomic mass is 10.0. The fraction of sp³-hybridized carbons (Fsp3) is 0.308. The van der Waals surface area contributed by atoms with Crippen LogP contribution in [-0.2, 0) is 6.42 Å². The molecule has 18 heavy (non-hydrogen) atoms. The average Bonchev–Trinajstić information content (AvgIpc) is 2.76. The Bertz CT molecular complexity index is 542. The third-order valence-corrected chi connectivity index (χ3v) is 4.14. The van der Waals surface area contributed by atoms with Crippen LogP contribution in [0.1, 0.15) is 22.3 Å². The molecule has 1 heterocycles. The Morgan fingerprint density at radius 3 is 2.89 bits per heavy atom. The number of aromatic nitrogens is 1. The van der Waals surface area contributed by atoms with Crippen LogP contribution in [-0.4, -0.2) is 12.0 Å². The Kier molecular flexibility index (Phi) is 4.32. The minimum Gasteiger partial charge on any atom is -0.313 e. The highest BCUT2D eigenvalue weighted by Gasteiger charge is 2.17. The minimum absolute atomic E-state index is 0.0289. The van der Waals surface area contributed by atoms with Crippen molar-refractivity contribution >= 4 is 22.9 Å². The quantitative estimate of drug-likeness (QED) is 0.925. The first-order valence-electron chi connectivity index (χ1n) is 5.64. The SMILES string of the molecule is CNC(Cc1nc(C)cs1)c1cccc(F)c1Cl. The summed E-state index contributed by atoms with van der Waals surface area (Å²) in [6.07, 6.45) is 0.707. The molecule has 2 nitrogen and oxygen atoms in total. The molecule has 2 rings (SSSR count). The highest BCUT2D eigenvalue weighted by Crippen LogP contribution is 2.28. The molecule has 0 saturated heterocycles. The predicted molar refractivity (Wildman–Crippen MR) is 73.8 cm³/mol. The van der Waals surface area contributed by atoms with Crippen LogP contribution in [0.4, 0.5) is 4.39 Å². The Labute approximate surface area is 115 Å². The number of nitrogens with zero attached hydrogens (tertiary/aromatic N) is 1. The summed E-state index contributed by atoms with van der Waals surface area (Å²) in [6.45, 7) is 1.96. The van der Waals surface area contributed by atoms with Gasteiger partial charge >= 0.3 is 0 Å². The molecule has 0 aliphatic carbocycles. The van der Waals surface area contributed by atoms with Crippen molar-refractivity contribution in [3.8, 4) is 0 Å². The van der Waals surface area contributed by atoms with E-state index in [1.54, 1.807) is 17.4 Å². The zero-order valence-corrected chi connectivity index (χ0v) is 11.8. The Morgan fingerprint density at radius 2 is 2.28 bits per heavy atom. The van der Waals surface area contributed by atoms with Crippen molar-refractivity contribution in [1.29, 1.82) is 0 Å². The summed E-state index contributed by atoms with van der Waals surface area (Å²) in [5, 5.41) is 6.37. The molecule has 1 N–H and O–H groups in total. The fourth-order valence-electron chi connectivity index (χ4n) is 1.83. The number of halogens is 2. The number of likely N-dealkylation sites (N-methyl/N-ethyl adjacent to an activating group) is 1. The van der Waals surface area contributed by atoms with Crippen LogP contribution in [0.2, 0.25) is 5.02 Å². The van der Waals surface area contributed by atoms with Gasteiger partial charge < -0.3 is 5.32 Å². The van der Waals surface area contributed by atoms with E-state index in [4.69, 9.17) is 11.6 Å². The van der Waals surface area contributed by atoms with Crippen molar-refractivity contribution in [2.45, 2.75) is 19.4 Å². The molecule has 5 heteroatoms. The van der Waals surface area contributed by atoms with E-state index < -0.39 is 0 Å². The Morgan fingerprint density at radius 1 is 1.50 bits per heavy atom. The van der Waals surface area contributed by atoms with Gasteiger partial charge in [-0.15, -0.1) is 11.3 Å². The van der Waals surface area contributed by atoms with Crippen molar-refractivity contribution in [3.63, 3.8) is 0 Å². The van der Waals surface area contributed by atoms with Crippen molar-refractivity contribution < 1.29 is 4.39 Å². The predicted octanol–water partition coefficient (Wildman–Crippen LogP) is 3.75. The number of aryl methyl sites for hydroxylation is 1. The normalized spacial score (nSPS) is 12.7. The second kappa shape index (κ2) is 5.78. The highest BCUT2D eigenvalue weighted by molar-refractivity contribution is 7.09. The molecule has 0 fully saturated rings. The van der Waals surface area contributed by atoms with Crippen molar-refractivity contribution in [2.75, 3.05) is 7.05 Å². The van der Waals surface area contributed by atoms with Gasteiger partial charge in [0, 0.05) is 23.5 Å². The summed E-state index contributed by atoms with van der Waals surface area (Å²) in [7, 11) is 1.84. The summed E-state index contributed by atoms with van der Waals surface area (Å²) in [6, 6.07) is 4.85. The molecule has 1 atom stereocenters. The fourth-order valence-corrected chi connectivity index (χ4v) is 2.90. The number of thiazole rings is 1. The van der Waals surface area contributed by atoms with Gasteiger partial charge in [-0.25, -0.2) is 9.37 Å². The lowest BCUT2D eigenvalue weighted by Gasteiger charge is -2.17. The summed E-state index contributed by atoms with van der Waals surface area (Å²) in [5.74, 6) is -0.385. The van der Waals surface area contributed by atoms with Crippen LogP contribution < -0.4 is 5.32 Å². The second-order valence-corrected chi connectivity index (χ2v) is 5.39. The first-order valence-corrected chi connectivity index (χ1v) is 6.89. The van der Waals surface area contributed by atoms with Gasteiger partial charge in [-0.1, -0.05) is 23.7 Å². The molecule has 0 aliphatic rings. The second-order valence-electron chi connectivity index (χ2n) is 4.07. The molecular weight excluding hydrogens is 271 g/mol. The van der Waals surface area contributed by atoms with E-state index >= 15 is 0 Å². The third kappa shape index (κ3) is 2.88. The molecule has 0 radical (unpaired) electrons. The molecule has 0 bridgehead atoms. The molecule has 2 aromatic rings. The monoisotopic (exact) mass is 284 g/mol. The molecule has 1 unspecified atom stereocenters. The molecule has 0 spiro atoms. The van der Waals surface area contributed by atoms with Crippen LogP contribution in [0.25, 0.3) is 0 Å². The van der Waals surface area contributed by atoms with Gasteiger partial charge in [0.15, 0.2) is 0 Å². The van der Waals surface area contributed by atoms with Gasteiger partial charge in [0.1, 0.15) is 5.82 Å². The van der Waals surface area contributed by atoms with Crippen LogP contribution in [0, 0.1) is 12.7 Å². The number of hydrogen-bond acceptors (Lipinski definition) is 3. The zero-order valence-electron chi connectivity index (χ0n) is 10.2. The zero-order chi connectivity index (χ0) is 13.1. The standard InChI is InChI=1S/C13H14ClFN2S/c1-8-7-18-12(17-8)6-11(16-2)9-4-3-5-10(15)13(9)14/h3-5,7,11,16H,6H2,1-2H3. The smallest absolute Gasteiger partial charge is 0.142 e. The van der Waals surface area contributed by atoms with Gasteiger partial charge in [-0.2, -0.15) is 0 Å². The largest absolute Gasteiger partial charge is 0.313 e. The van der Waals surface area contributed by atoms with E-state index in [-0.39, 0.29) is 16.9 Å². The maximum absolute atomic E-state index is 13.4. The Hall–Kier alpha value is -0.970. The first-order chi connectivity index (χ1) is 8.61. The lowest BCUT2D eigenvalue weighted by Crippen LogP contribution is -2.19. The number of nitrogens with one attached hydrogen (secondary N) is 1. The van der Waals surface area contributed by atoms with E-state index in [1.807, 2.05) is 25.4 Å². The molecular formula is C13H14ClFN2S. The first kappa shape index (κ1) is 13.5. The molecule has 1 aromatic carbocycles. The van der Waals surface area contributed by atoms with E-state index in [0.717, 1.165) is 16.3 Å². The van der Waals surface area contributed by atoms with Crippen LogP contribution in [0.5, 0.6) is 0 Å². The van der Waals surface area contributed by atoms with E-state index in [9.17, 15) is 4.39 Å². The summed E-state index contributed by atoms with van der Waals surface area (Å²) >= 11 is 7.62. The molecule has 1 aromatic heterocycles. The van der Waals surface area contributed by atoms with Crippen molar-refractivity contribution in [2.24, 2.45) is 0 Å². The topological polar surface area (TPSA) is 24.9 Å². The van der Waals surface area contributed by atoms with Crippen molar-refractivity contribution in [3.05, 3.63) is 50.7 Å². The van der Waals surface area contributed by atoms with Crippen LogP contribution >= 0.6 is 22.9 Å². The van der Waals surface area contributed by atoms with Gasteiger partial charge in [0.25, 0.3) is 0 Å². The number of benzene rings is 1. The lowest BCUT2D eigenvalue weighted by molar-refractivity contribution is 0.576. The highest BCUT2D eigenvalue weighted by atomic mass is 35.5. The summed E-state index contributed by atoms with van der Waals surface area (Å²) < 4.78 is 13.4. The van der Waals surface area contributed by atoms with Gasteiger partial charge in [-0.3, -0.25) is 0 Å². The number of hydrogen-bond donors (Lipinski definition) is 1. The maximum Gasteiger partial charge on any atom is 0.142 e. The Balaban J connectivity index is 2.25. The van der Waals surface area contributed by atoms with E-state index in [1.165, 1.54) is 6.07 Å². The van der Waals surface area contributed by atoms with Crippen molar-refractivity contribution in [1.82, 2.24) is 10.3 Å². The summed E-state index contributed by atoms with van der Waals surface area (Å²) in [4.78, 5) is 4.42. The van der Waals surface area contributed by atoms with E-state index in [2.05, 4.69) is 10.3 Å². The van der Waals surface area contributed by atoms with Crippen LogP contribution in [0.15, 0.2) is 23.6 Å². The molecule has 0 amide bonds.